The highest BCUT2D eigenvalue weighted by molar-refractivity contribution is 14.1. The summed E-state index contributed by atoms with van der Waals surface area (Å²) in [5.41, 5.74) is 2.94. The first-order valence-corrected chi connectivity index (χ1v) is 5.22. The molecular formula is C7H5BrIN3. The number of nitrogens with zero attached hydrogens (tertiary/aromatic N) is 2. The fraction of sp³-hybridized carbons (Fsp3) is 0.143. The van der Waals surface area contributed by atoms with Crippen molar-refractivity contribution in [2.24, 2.45) is 0 Å². The molecule has 2 aromatic rings. The van der Waals surface area contributed by atoms with Crippen LogP contribution in [0.2, 0.25) is 0 Å². The number of hydrogen-bond acceptors (Lipinski definition) is 2. The van der Waals surface area contributed by atoms with Crippen LogP contribution in [0.5, 0.6) is 0 Å². The molecule has 0 radical (unpaired) electrons. The number of aromatic amines is 1. The molecule has 0 aromatic carbocycles. The fourth-order valence-electron chi connectivity index (χ4n) is 0.986. The van der Waals surface area contributed by atoms with E-state index in [0.717, 1.165) is 24.9 Å². The van der Waals surface area contributed by atoms with Crippen LogP contribution in [0, 0.1) is 10.6 Å². The summed E-state index contributed by atoms with van der Waals surface area (Å²) in [5, 5.41) is 6.99. The summed E-state index contributed by atoms with van der Waals surface area (Å²) < 4.78 is 1.86. The van der Waals surface area contributed by atoms with E-state index in [1.54, 1.807) is 0 Å². The van der Waals surface area contributed by atoms with E-state index in [9.17, 15) is 0 Å². The summed E-state index contributed by atoms with van der Waals surface area (Å²) in [6.45, 7) is 2.00. The molecule has 12 heavy (non-hydrogen) atoms. The summed E-state index contributed by atoms with van der Waals surface area (Å²) in [4.78, 5) is 4.35. The van der Waals surface area contributed by atoms with Crippen molar-refractivity contribution in [2.45, 2.75) is 6.92 Å². The smallest absolute Gasteiger partial charge is 0.123 e. The highest BCUT2D eigenvalue weighted by Gasteiger charge is 2.06. The first kappa shape index (κ1) is 8.43. The molecule has 0 amide bonds. The van der Waals surface area contributed by atoms with Crippen molar-refractivity contribution in [1.29, 1.82) is 0 Å². The van der Waals surface area contributed by atoms with Crippen LogP contribution >= 0.6 is 38.5 Å². The molecule has 2 aromatic heterocycles. The number of aryl methyl sites for hydroxylation is 1. The summed E-state index contributed by atoms with van der Waals surface area (Å²) >= 11 is 5.56. The quantitative estimate of drug-likeness (QED) is 0.593. The van der Waals surface area contributed by atoms with Gasteiger partial charge in [0.05, 0.1) is 0 Å². The SMILES string of the molecule is Cc1cc2n[nH]c(I)c2nc1Br. The number of aromatic nitrogens is 3. The molecule has 0 unspecified atom stereocenters. The molecule has 0 saturated carbocycles. The normalized spacial score (nSPS) is 10.9. The second-order valence-corrected chi connectivity index (χ2v) is 4.33. The van der Waals surface area contributed by atoms with E-state index in [1.165, 1.54) is 0 Å². The maximum atomic E-state index is 4.35. The highest BCUT2D eigenvalue weighted by Crippen LogP contribution is 2.21. The molecule has 0 fully saturated rings. The average Bonchev–Trinajstić information content (AvgIpc) is 2.35. The van der Waals surface area contributed by atoms with Gasteiger partial charge in [-0.05, 0) is 57.1 Å². The van der Waals surface area contributed by atoms with Gasteiger partial charge in [-0.3, -0.25) is 5.10 Å². The largest absolute Gasteiger partial charge is 0.269 e. The lowest BCUT2D eigenvalue weighted by atomic mass is 10.3. The third kappa shape index (κ3) is 1.24. The Morgan fingerprint density at radius 3 is 3.08 bits per heavy atom. The summed E-state index contributed by atoms with van der Waals surface area (Å²) in [7, 11) is 0. The standard InChI is InChI=1S/C7H5BrIN3/c1-3-2-4-5(10-6(3)8)7(9)12-11-4/h2H,1H3,(H,11,12). The first-order valence-electron chi connectivity index (χ1n) is 3.35. The first-order chi connectivity index (χ1) is 5.68. The fourth-order valence-corrected chi connectivity index (χ4v) is 1.79. The van der Waals surface area contributed by atoms with Crippen molar-refractivity contribution in [3.8, 4) is 0 Å². The van der Waals surface area contributed by atoms with Crippen molar-refractivity contribution in [3.63, 3.8) is 0 Å². The van der Waals surface area contributed by atoms with E-state index in [4.69, 9.17) is 0 Å². The molecule has 0 aliphatic heterocycles. The van der Waals surface area contributed by atoms with Crippen LogP contribution in [0.15, 0.2) is 10.7 Å². The van der Waals surface area contributed by atoms with Crippen molar-refractivity contribution in [3.05, 3.63) is 19.9 Å². The van der Waals surface area contributed by atoms with Crippen LogP contribution < -0.4 is 0 Å². The van der Waals surface area contributed by atoms with Crippen LogP contribution in [0.4, 0.5) is 0 Å². The molecule has 1 N–H and O–H groups in total. The predicted molar refractivity (Wildman–Crippen MR) is 59.0 cm³/mol. The van der Waals surface area contributed by atoms with Crippen molar-refractivity contribution >= 4 is 49.6 Å². The number of nitrogens with one attached hydrogen (secondary N) is 1. The maximum Gasteiger partial charge on any atom is 0.123 e. The van der Waals surface area contributed by atoms with E-state index < -0.39 is 0 Å². The molecule has 3 nitrogen and oxygen atoms in total. The molecule has 0 bridgehead atoms. The second-order valence-electron chi connectivity index (χ2n) is 2.50. The average molecular weight is 338 g/mol. The lowest BCUT2D eigenvalue weighted by Gasteiger charge is -1.95. The Morgan fingerprint density at radius 2 is 2.33 bits per heavy atom. The van der Waals surface area contributed by atoms with Gasteiger partial charge in [0, 0.05) is 0 Å². The molecule has 5 heteroatoms. The van der Waals surface area contributed by atoms with E-state index >= 15 is 0 Å². The summed E-state index contributed by atoms with van der Waals surface area (Å²) in [6.07, 6.45) is 0. The minimum absolute atomic E-state index is 0.884. The lowest BCUT2D eigenvalue weighted by Crippen LogP contribution is -1.82. The molecular weight excluding hydrogens is 333 g/mol. The summed E-state index contributed by atoms with van der Waals surface area (Å²) in [5.74, 6) is 0. The zero-order chi connectivity index (χ0) is 8.72. The zero-order valence-corrected chi connectivity index (χ0v) is 9.97. The van der Waals surface area contributed by atoms with Crippen LogP contribution in [-0.4, -0.2) is 15.2 Å². The van der Waals surface area contributed by atoms with Crippen LogP contribution in [0.1, 0.15) is 5.56 Å². The second kappa shape index (κ2) is 2.95. The van der Waals surface area contributed by atoms with Gasteiger partial charge in [0.1, 0.15) is 19.3 Å². The van der Waals surface area contributed by atoms with E-state index in [2.05, 4.69) is 53.7 Å². The molecule has 0 spiro atoms. The van der Waals surface area contributed by atoms with Crippen LogP contribution in [0.3, 0.4) is 0 Å². The van der Waals surface area contributed by atoms with Crippen molar-refractivity contribution in [2.75, 3.05) is 0 Å². The number of halogens is 2. The van der Waals surface area contributed by atoms with Gasteiger partial charge in [0.2, 0.25) is 0 Å². The third-order valence-corrected chi connectivity index (χ3v) is 3.17. The van der Waals surface area contributed by atoms with E-state index in [0.29, 0.717) is 0 Å². The Kier molecular flexibility index (Phi) is 2.07. The molecule has 62 valence electrons. The number of H-pyrrole nitrogens is 1. The predicted octanol–water partition coefficient (Wildman–Crippen LogP) is 2.63. The van der Waals surface area contributed by atoms with Gasteiger partial charge in [-0.2, -0.15) is 5.10 Å². The number of pyridine rings is 1. The minimum atomic E-state index is 0.884. The Hall–Kier alpha value is -0.170. The van der Waals surface area contributed by atoms with E-state index in [-0.39, 0.29) is 0 Å². The van der Waals surface area contributed by atoms with Gasteiger partial charge < -0.3 is 0 Å². The van der Waals surface area contributed by atoms with Crippen LogP contribution in [0.25, 0.3) is 11.0 Å². The molecule has 2 rings (SSSR count). The molecule has 0 atom stereocenters. The molecule has 0 aliphatic carbocycles. The van der Waals surface area contributed by atoms with Gasteiger partial charge in [-0.1, -0.05) is 0 Å². The monoisotopic (exact) mass is 337 g/mol. The Morgan fingerprint density at radius 1 is 1.58 bits per heavy atom. The minimum Gasteiger partial charge on any atom is -0.269 e. The van der Waals surface area contributed by atoms with Gasteiger partial charge in [0.25, 0.3) is 0 Å². The number of hydrogen-bond donors (Lipinski definition) is 1. The van der Waals surface area contributed by atoms with Crippen LogP contribution in [-0.2, 0) is 0 Å². The third-order valence-electron chi connectivity index (χ3n) is 1.61. The number of fused-ring (bicyclic) bond motifs is 1. The topological polar surface area (TPSA) is 41.6 Å². The van der Waals surface area contributed by atoms with Gasteiger partial charge >= 0.3 is 0 Å². The Bertz CT molecular complexity index is 437. The Labute approximate surface area is 91.2 Å². The Balaban J connectivity index is 2.87. The van der Waals surface area contributed by atoms with Gasteiger partial charge in [-0.15, -0.1) is 0 Å². The zero-order valence-electron chi connectivity index (χ0n) is 6.23. The molecule has 0 saturated heterocycles. The highest BCUT2D eigenvalue weighted by atomic mass is 127. The number of rotatable bonds is 0. The van der Waals surface area contributed by atoms with Gasteiger partial charge in [0.15, 0.2) is 0 Å². The molecule has 0 aliphatic rings. The van der Waals surface area contributed by atoms with E-state index in [1.807, 2.05) is 13.0 Å². The van der Waals surface area contributed by atoms with Crippen molar-refractivity contribution in [1.82, 2.24) is 15.2 Å². The summed E-state index contributed by atoms with van der Waals surface area (Å²) in [6, 6.07) is 2.01. The molecule has 2 heterocycles. The van der Waals surface area contributed by atoms with Gasteiger partial charge in [-0.25, -0.2) is 4.98 Å². The maximum absolute atomic E-state index is 4.35. The van der Waals surface area contributed by atoms with Crippen molar-refractivity contribution < 1.29 is 0 Å². The lowest BCUT2D eigenvalue weighted by molar-refractivity contribution is 1.09.